The summed E-state index contributed by atoms with van der Waals surface area (Å²) in [5.41, 5.74) is 1.90. The van der Waals surface area contributed by atoms with E-state index in [1.54, 1.807) is 12.3 Å². The van der Waals surface area contributed by atoms with Gasteiger partial charge in [0, 0.05) is 24.8 Å². The summed E-state index contributed by atoms with van der Waals surface area (Å²) in [6.07, 6.45) is 1.62. The molecule has 0 aromatic carbocycles. The van der Waals surface area contributed by atoms with Crippen LogP contribution in [0, 0.1) is 0 Å². The van der Waals surface area contributed by atoms with Crippen LogP contribution in [0.4, 0.5) is 0 Å². The van der Waals surface area contributed by atoms with E-state index in [2.05, 4.69) is 15.3 Å². The molecule has 3 heterocycles. The third-order valence-corrected chi connectivity index (χ3v) is 3.03. The quantitative estimate of drug-likeness (QED) is 0.801. The predicted molar refractivity (Wildman–Crippen MR) is 68.6 cm³/mol. The first-order chi connectivity index (χ1) is 8.83. The summed E-state index contributed by atoms with van der Waals surface area (Å²) in [6.45, 7) is 1.42. The molecule has 0 saturated heterocycles. The van der Waals surface area contributed by atoms with E-state index < -0.39 is 0 Å². The molecule has 3 rings (SSSR count). The maximum absolute atomic E-state index is 5.90. The fourth-order valence-corrected chi connectivity index (χ4v) is 2.07. The molecular formula is C13H12ClN3O. The largest absolute Gasteiger partial charge is 0.466 e. The predicted octanol–water partition coefficient (Wildman–Crippen LogP) is 2.35. The molecule has 1 N–H and O–H groups in total. The van der Waals surface area contributed by atoms with E-state index in [0.717, 1.165) is 17.8 Å². The number of nitrogens with zero attached hydrogens (tertiary/aromatic N) is 2. The molecule has 1 aliphatic heterocycles. The number of aromatic nitrogens is 2. The second-order valence-electron chi connectivity index (χ2n) is 4.09. The molecule has 1 unspecified atom stereocenters. The third-order valence-electron chi connectivity index (χ3n) is 2.82. The first-order valence-corrected chi connectivity index (χ1v) is 6.14. The highest BCUT2D eigenvalue weighted by atomic mass is 35.5. The molecule has 2 aromatic rings. The van der Waals surface area contributed by atoms with Crippen molar-refractivity contribution in [2.24, 2.45) is 0 Å². The van der Waals surface area contributed by atoms with Gasteiger partial charge in [-0.1, -0.05) is 17.7 Å². The second-order valence-corrected chi connectivity index (χ2v) is 4.48. The summed E-state index contributed by atoms with van der Waals surface area (Å²) in [6, 6.07) is 9.48. The van der Waals surface area contributed by atoms with Crippen LogP contribution in [0.15, 0.2) is 36.5 Å². The topological polar surface area (TPSA) is 47.0 Å². The molecule has 92 valence electrons. The molecule has 0 saturated carbocycles. The van der Waals surface area contributed by atoms with Crippen LogP contribution in [0.1, 0.15) is 17.4 Å². The van der Waals surface area contributed by atoms with Gasteiger partial charge in [-0.3, -0.25) is 4.98 Å². The van der Waals surface area contributed by atoms with Gasteiger partial charge in [-0.2, -0.15) is 0 Å². The van der Waals surface area contributed by atoms with Gasteiger partial charge in [0.1, 0.15) is 5.15 Å². The van der Waals surface area contributed by atoms with Crippen LogP contribution >= 0.6 is 11.6 Å². The lowest BCUT2D eigenvalue weighted by atomic mass is 10.2. The molecule has 1 aliphatic rings. The van der Waals surface area contributed by atoms with Crippen molar-refractivity contribution in [2.75, 3.05) is 6.54 Å². The van der Waals surface area contributed by atoms with Crippen molar-refractivity contribution in [2.45, 2.75) is 12.6 Å². The minimum absolute atomic E-state index is 0.140. The molecular weight excluding hydrogens is 250 g/mol. The minimum Gasteiger partial charge on any atom is -0.466 e. The Morgan fingerprint density at radius 1 is 1.28 bits per heavy atom. The summed E-state index contributed by atoms with van der Waals surface area (Å²) in [5, 5.41) is 3.76. The number of fused-ring (bicyclic) bond motifs is 1. The zero-order valence-electron chi connectivity index (χ0n) is 9.64. The highest BCUT2D eigenvalue weighted by molar-refractivity contribution is 6.29. The zero-order chi connectivity index (χ0) is 12.4. The fourth-order valence-electron chi connectivity index (χ4n) is 1.93. The first kappa shape index (κ1) is 11.4. The van der Waals surface area contributed by atoms with Gasteiger partial charge in [-0.05, 0) is 24.3 Å². The van der Waals surface area contributed by atoms with Gasteiger partial charge in [0.25, 0.3) is 0 Å². The maximum atomic E-state index is 5.90. The van der Waals surface area contributed by atoms with E-state index in [9.17, 15) is 0 Å². The van der Waals surface area contributed by atoms with E-state index in [4.69, 9.17) is 16.3 Å². The van der Waals surface area contributed by atoms with Crippen molar-refractivity contribution in [3.8, 4) is 5.88 Å². The smallest absolute Gasteiger partial charge is 0.220 e. The van der Waals surface area contributed by atoms with E-state index in [-0.39, 0.29) is 6.10 Å². The van der Waals surface area contributed by atoms with E-state index >= 15 is 0 Å². The number of hydrogen-bond donors (Lipinski definition) is 1. The molecule has 2 aromatic heterocycles. The molecule has 0 spiro atoms. The monoisotopic (exact) mass is 261 g/mol. The van der Waals surface area contributed by atoms with Gasteiger partial charge < -0.3 is 10.1 Å². The lowest BCUT2D eigenvalue weighted by molar-refractivity contribution is 0.197. The summed E-state index contributed by atoms with van der Waals surface area (Å²) < 4.78 is 5.90. The van der Waals surface area contributed by atoms with Crippen LogP contribution in [0.2, 0.25) is 5.15 Å². The Labute approximate surface area is 110 Å². The normalized spacial score (nSPS) is 18.6. The van der Waals surface area contributed by atoms with Crippen LogP contribution in [0.3, 0.4) is 0 Å². The lowest BCUT2D eigenvalue weighted by Gasteiger charge is -2.15. The molecule has 0 fully saturated rings. The Morgan fingerprint density at radius 3 is 3.06 bits per heavy atom. The molecule has 0 aliphatic carbocycles. The Balaban J connectivity index is 1.92. The molecule has 1 atom stereocenters. The molecule has 5 heteroatoms. The van der Waals surface area contributed by atoms with Crippen molar-refractivity contribution in [3.05, 3.63) is 52.9 Å². The summed E-state index contributed by atoms with van der Waals surface area (Å²) in [4.78, 5) is 8.54. The highest BCUT2D eigenvalue weighted by Gasteiger charge is 2.20. The van der Waals surface area contributed by atoms with Crippen LogP contribution in [-0.2, 0) is 6.54 Å². The van der Waals surface area contributed by atoms with Gasteiger partial charge in [-0.15, -0.1) is 0 Å². The average molecular weight is 262 g/mol. The molecule has 4 nitrogen and oxygen atoms in total. The van der Waals surface area contributed by atoms with Crippen LogP contribution in [-0.4, -0.2) is 16.5 Å². The van der Waals surface area contributed by atoms with E-state index in [1.807, 2.05) is 24.3 Å². The Hall–Kier alpha value is -1.65. The van der Waals surface area contributed by atoms with Gasteiger partial charge in [0.05, 0.1) is 5.69 Å². The Morgan fingerprint density at radius 2 is 2.22 bits per heavy atom. The van der Waals surface area contributed by atoms with Crippen LogP contribution < -0.4 is 10.1 Å². The third kappa shape index (κ3) is 2.30. The number of rotatable bonds is 1. The lowest BCUT2D eigenvalue weighted by Crippen LogP contribution is -2.22. The maximum Gasteiger partial charge on any atom is 0.220 e. The number of ether oxygens (including phenoxy) is 1. The molecule has 0 bridgehead atoms. The van der Waals surface area contributed by atoms with Crippen molar-refractivity contribution in [1.29, 1.82) is 0 Å². The number of pyridine rings is 2. The van der Waals surface area contributed by atoms with Crippen LogP contribution in [0.25, 0.3) is 0 Å². The molecule has 18 heavy (non-hydrogen) atoms. The van der Waals surface area contributed by atoms with Gasteiger partial charge in [-0.25, -0.2) is 4.98 Å². The SMILES string of the molecule is Clc1ccc2c(n1)OC(c1ccccn1)CNC2. The number of nitrogens with one attached hydrogen (secondary N) is 1. The van der Waals surface area contributed by atoms with Gasteiger partial charge >= 0.3 is 0 Å². The Bertz CT molecular complexity index is 547. The van der Waals surface area contributed by atoms with Crippen molar-refractivity contribution >= 4 is 11.6 Å². The molecule has 0 radical (unpaired) electrons. The zero-order valence-corrected chi connectivity index (χ0v) is 10.4. The summed E-state index contributed by atoms with van der Waals surface area (Å²) >= 11 is 5.90. The summed E-state index contributed by atoms with van der Waals surface area (Å²) in [5.74, 6) is 0.586. The van der Waals surface area contributed by atoms with Gasteiger partial charge in [0.15, 0.2) is 6.10 Å². The van der Waals surface area contributed by atoms with Gasteiger partial charge in [0.2, 0.25) is 5.88 Å². The van der Waals surface area contributed by atoms with Crippen molar-refractivity contribution in [1.82, 2.24) is 15.3 Å². The number of halogens is 1. The van der Waals surface area contributed by atoms with Crippen molar-refractivity contribution in [3.63, 3.8) is 0 Å². The first-order valence-electron chi connectivity index (χ1n) is 5.76. The van der Waals surface area contributed by atoms with Crippen LogP contribution in [0.5, 0.6) is 5.88 Å². The average Bonchev–Trinajstić information content (AvgIpc) is 2.61. The Kier molecular flexibility index (Phi) is 3.13. The summed E-state index contributed by atoms with van der Waals surface area (Å²) in [7, 11) is 0. The number of hydrogen-bond acceptors (Lipinski definition) is 4. The minimum atomic E-state index is -0.140. The standard InChI is InChI=1S/C13H12ClN3O/c14-12-5-4-9-7-15-8-11(18-13(9)17-12)10-3-1-2-6-16-10/h1-6,11,15H,7-8H2. The van der Waals surface area contributed by atoms with E-state index in [0.29, 0.717) is 17.6 Å². The van der Waals surface area contributed by atoms with E-state index in [1.165, 1.54) is 0 Å². The van der Waals surface area contributed by atoms with Crippen molar-refractivity contribution < 1.29 is 4.74 Å². The highest BCUT2D eigenvalue weighted by Crippen LogP contribution is 2.26. The molecule has 0 amide bonds. The second kappa shape index (κ2) is 4.92. The fraction of sp³-hybridized carbons (Fsp3) is 0.231.